The summed E-state index contributed by atoms with van der Waals surface area (Å²) in [5, 5.41) is 0.491. The quantitative estimate of drug-likeness (QED) is 0.453. The maximum Gasteiger partial charge on any atom is 0.0336 e. The summed E-state index contributed by atoms with van der Waals surface area (Å²) in [4.78, 5) is 0. The average Bonchev–Trinajstić information content (AvgIpc) is 2.61. The first-order valence-corrected chi connectivity index (χ1v) is 11.3. The van der Waals surface area contributed by atoms with Crippen LogP contribution in [0.2, 0.25) is 0 Å². The third kappa shape index (κ3) is 5.13. The highest BCUT2D eigenvalue weighted by molar-refractivity contribution is 6.20. The van der Waals surface area contributed by atoms with Crippen LogP contribution >= 0.6 is 11.6 Å². The van der Waals surface area contributed by atoms with E-state index in [1.807, 2.05) is 0 Å². The third-order valence-corrected chi connectivity index (χ3v) is 8.14. The van der Waals surface area contributed by atoms with Crippen molar-refractivity contribution in [2.24, 2.45) is 29.6 Å². The molecule has 0 N–H and O–H groups in total. The first-order chi connectivity index (χ1) is 11.3. The van der Waals surface area contributed by atoms with E-state index in [9.17, 15) is 0 Å². The van der Waals surface area contributed by atoms with E-state index in [4.69, 9.17) is 11.6 Å². The van der Waals surface area contributed by atoms with Crippen molar-refractivity contribution in [1.29, 1.82) is 0 Å². The molecule has 3 rings (SSSR count). The van der Waals surface area contributed by atoms with Crippen molar-refractivity contribution < 1.29 is 0 Å². The molecule has 0 amide bonds. The fraction of sp³-hybridized carbons (Fsp3) is 1.00. The van der Waals surface area contributed by atoms with Crippen molar-refractivity contribution in [3.63, 3.8) is 0 Å². The lowest BCUT2D eigenvalue weighted by atomic mass is 9.65. The lowest BCUT2D eigenvalue weighted by Crippen LogP contribution is -2.29. The lowest BCUT2D eigenvalue weighted by Gasteiger charge is -2.41. The maximum atomic E-state index is 6.29. The van der Waals surface area contributed by atoms with Gasteiger partial charge in [-0.15, -0.1) is 11.6 Å². The molecule has 3 aliphatic rings. The fourth-order valence-electron chi connectivity index (χ4n) is 6.08. The van der Waals surface area contributed by atoms with Crippen molar-refractivity contribution in [1.82, 2.24) is 0 Å². The Morgan fingerprint density at radius 2 is 1.00 bits per heavy atom. The number of halogens is 1. The molecule has 0 aromatic heterocycles. The van der Waals surface area contributed by atoms with E-state index in [1.54, 1.807) is 38.5 Å². The number of rotatable bonds is 5. The van der Waals surface area contributed by atoms with E-state index in [2.05, 4.69) is 6.92 Å². The third-order valence-electron chi connectivity index (χ3n) is 7.71. The van der Waals surface area contributed by atoms with Gasteiger partial charge in [-0.05, 0) is 93.8 Å². The van der Waals surface area contributed by atoms with Crippen LogP contribution in [-0.4, -0.2) is 5.38 Å². The van der Waals surface area contributed by atoms with E-state index >= 15 is 0 Å². The van der Waals surface area contributed by atoms with Crippen LogP contribution in [0.25, 0.3) is 0 Å². The van der Waals surface area contributed by atoms with Crippen LogP contribution in [0.1, 0.15) is 103 Å². The van der Waals surface area contributed by atoms with Crippen LogP contribution in [0, 0.1) is 29.6 Å². The normalized spacial score (nSPS) is 42.5. The molecule has 0 aromatic carbocycles. The summed E-state index contributed by atoms with van der Waals surface area (Å²) in [7, 11) is 0. The SMILES string of the molecule is CCCC[C@H]1CC[C@H](C2CCC([C@H]3CC[C@H](Cl)CC3)CC2)CC1. The highest BCUT2D eigenvalue weighted by Crippen LogP contribution is 2.46. The Morgan fingerprint density at radius 3 is 1.43 bits per heavy atom. The molecule has 0 aliphatic heterocycles. The van der Waals surface area contributed by atoms with Gasteiger partial charge < -0.3 is 0 Å². The Kier molecular flexibility index (Phi) is 7.17. The van der Waals surface area contributed by atoms with E-state index < -0.39 is 0 Å². The minimum absolute atomic E-state index is 0.491. The van der Waals surface area contributed by atoms with Gasteiger partial charge in [0.1, 0.15) is 0 Å². The predicted octanol–water partition coefficient (Wildman–Crippen LogP) is 7.59. The van der Waals surface area contributed by atoms with E-state index in [0.717, 1.165) is 29.6 Å². The monoisotopic (exact) mass is 338 g/mol. The van der Waals surface area contributed by atoms with Crippen molar-refractivity contribution >= 4 is 11.6 Å². The van der Waals surface area contributed by atoms with Gasteiger partial charge in [-0.3, -0.25) is 0 Å². The second-order valence-corrected chi connectivity index (χ2v) is 9.73. The summed E-state index contributed by atoms with van der Waals surface area (Å²) in [6.07, 6.45) is 22.2. The lowest BCUT2D eigenvalue weighted by molar-refractivity contribution is 0.111. The van der Waals surface area contributed by atoms with E-state index in [1.165, 1.54) is 57.8 Å². The van der Waals surface area contributed by atoms with Crippen molar-refractivity contribution in [2.75, 3.05) is 0 Å². The van der Waals surface area contributed by atoms with Crippen LogP contribution in [0.5, 0.6) is 0 Å². The molecule has 3 fully saturated rings. The van der Waals surface area contributed by atoms with E-state index in [0.29, 0.717) is 5.38 Å². The standard InChI is InChI=1S/C22H39Cl/c1-2-3-4-17-5-7-18(8-6-17)19-9-11-20(12-10-19)21-13-15-22(23)16-14-21/h17-22H,2-16H2,1H3/t17-,18-,19?,20?,21-,22-. The van der Waals surface area contributed by atoms with Crippen molar-refractivity contribution in [3.05, 3.63) is 0 Å². The maximum absolute atomic E-state index is 6.29. The number of alkyl halides is 1. The second kappa shape index (κ2) is 9.12. The summed E-state index contributed by atoms with van der Waals surface area (Å²) in [5.74, 6) is 5.33. The molecule has 0 saturated heterocycles. The Morgan fingerprint density at radius 1 is 0.609 bits per heavy atom. The second-order valence-electron chi connectivity index (χ2n) is 9.11. The zero-order valence-corrected chi connectivity index (χ0v) is 16.2. The summed E-state index contributed by atoms with van der Waals surface area (Å²) in [5.41, 5.74) is 0. The van der Waals surface area contributed by atoms with Crippen LogP contribution in [-0.2, 0) is 0 Å². The van der Waals surface area contributed by atoms with Gasteiger partial charge in [-0.25, -0.2) is 0 Å². The minimum atomic E-state index is 0.491. The average molecular weight is 339 g/mol. The Balaban J connectivity index is 1.36. The smallest absolute Gasteiger partial charge is 0.0336 e. The van der Waals surface area contributed by atoms with Gasteiger partial charge in [-0.1, -0.05) is 39.0 Å². The zero-order valence-electron chi connectivity index (χ0n) is 15.4. The van der Waals surface area contributed by atoms with Crippen molar-refractivity contribution in [2.45, 2.75) is 109 Å². The first-order valence-electron chi connectivity index (χ1n) is 10.9. The fourth-order valence-corrected chi connectivity index (χ4v) is 6.33. The highest BCUT2D eigenvalue weighted by Gasteiger charge is 2.34. The van der Waals surface area contributed by atoms with Crippen LogP contribution in [0.4, 0.5) is 0 Å². The summed E-state index contributed by atoms with van der Waals surface area (Å²) < 4.78 is 0. The molecule has 0 radical (unpaired) electrons. The number of hydrogen-bond acceptors (Lipinski definition) is 0. The molecule has 0 heterocycles. The Labute approximate surface area is 150 Å². The van der Waals surface area contributed by atoms with Crippen molar-refractivity contribution in [3.8, 4) is 0 Å². The van der Waals surface area contributed by atoms with Gasteiger partial charge in [0.15, 0.2) is 0 Å². The van der Waals surface area contributed by atoms with Gasteiger partial charge in [0.2, 0.25) is 0 Å². The number of unbranched alkanes of at least 4 members (excludes halogenated alkanes) is 1. The molecule has 0 atom stereocenters. The predicted molar refractivity (Wildman–Crippen MR) is 102 cm³/mol. The molecule has 23 heavy (non-hydrogen) atoms. The van der Waals surface area contributed by atoms with Crippen LogP contribution < -0.4 is 0 Å². The van der Waals surface area contributed by atoms with Gasteiger partial charge in [0.25, 0.3) is 0 Å². The van der Waals surface area contributed by atoms with E-state index in [-0.39, 0.29) is 0 Å². The van der Waals surface area contributed by atoms with Gasteiger partial charge in [0.05, 0.1) is 0 Å². The largest absolute Gasteiger partial charge is 0.123 e. The highest BCUT2D eigenvalue weighted by atomic mass is 35.5. The number of hydrogen-bond donors (Lipinski definition) is 0. The minimum Gasteiger partial charge on any atom is -0.123 e. The molecule has 3 saturated carbocycles. The van der Waals surface area contributed by atoms with Crippen LogP contribution in [0.3, 0.4) is 0 Å². The molecule has 0 bridgehead atoms. The van der Waals surface area contributed by atoms with Gasteiger partial charge in [0, 0.05) is 5.38 Å². The Hall–Kier alpha value is 0.290. The molecule has 0 aromatic rings. The topological polar surface area (TPSA) is 0 Å². The summed E-state index contributed by atoms with van der Waals surface area (Å²) in [6.45, 7) is 2.34. The molecule has 0 spiro atoms. The zero-order chi connectivity index (χ0) is 16.1. The molecular formula is C22H39Cl. The molecular weight excluding hydrogens is 300 g/mol. The first kappa shape index (κ1) is 18.1. The summed E-state index contributed by atoms with van der Waals surface area (Å²) in [6, 6.07) is 0. The molecule has 0 nitrogen and oxygen atoms in total. The van der Waals surface area contributed by atoms with Gasteiger partial charge >= 0.3 is 0 Å². The molecule has 0 unspecified atom stereocenters. The molecule has 3 aliphatic carbocycles. The molecule has 1 heteroatoms. The van der Waals surface area contributed by atoms with Gasteiger partial charge in [-0.2, -0.15) is 0 Å². The summed E-state index contributed by atoms with van der Waals surface area (Å²) >= 11 is 6.29. The van der Waals surface area contributed by atoms with Crippen LogP contribution in [0.15, 0.2) is 0 Å². The molecule has 134 valence electrons. The Bertz CT molecular complexity index is 315.